The number of nitrogens with one attached hydrogen (secondary N) is 1. The number of methoxy groups -OCH3 is 1. The van der Waals surface area contributed by atoms with Crippen molar-refractivity contribution in [2.45, 2.75) is 6.42 Å². The Morgan fingerprint density at radius 3 is 2.61 bits per heavy atom. The Morgan fingerprint density at radius 1 is 1.22 bits per heavy atom. The number of ether oxygens (including phenoxy) is 2. The third-order valence-corrected chi connectivity index (χ3v) is 3.62. The zero-order valence-electron chi connectivity index (χ0n) is 12.8. The first-order valence-electron chi connectivity index (χ1n) is 7.08. The molecule has 5 heteroatoms. The van der Waals surface area contributed by atoms with Crippen LogP contribution < -0.4 is 14.8 Å². The van der Waals surface area contributed by atoms with Crippen molar-refractivity contribution in [1.82, 2.24) is 0 Å². The van der Waals surface area contributed by atoms with Gasteiger partial charge >= 0.3 is 0 Å². The third-order valence-electron chi connectivity index (χ3n) is 3.09. The SMILES string of the molecule is C=CCc1ccc(OCC(=O)Nc2ccc(Br)cc2)c(OC)c1. The van der Waals surface area contributed by atoms with Crippen LogP contribution in [0, 0.1) is 0 Å². The minimum atomic E-state index is -0.232. The lowest BCUT2D eigenvalue weighted by Crippen LogP contribution is -2.20. The van der Waals surface area contributed by atoms with Crippen LogP contribution in [0.15, 0.2) is 59.6 Å². The summed E-state index contributed by atoms with van der Waals surface area (Å²) < 4.78 is 11.8. The molecule has 4 nitrogen and oxygen atoms in total. The summed E-state index contributed by atoms with van der Waals surface area (Å²) in [6.45, 7) is 3.62. The fraction of sp³-hybridized carbons (Fsp3) is 0.167. The zero-order valence-corrected chi connectivity index (χ0v) is 14.4. The molecule has 0 spiro atoms. The number of hydrogen-bond acceptors (Lipinski definition) is 3. The molecule has 0 aliphatic rings. The second-order valence-electron chi connectivity index (χ2n) is 4.82. The molecule has 0 unspecified atom stereocenters. The smallest absolute Gasteiger partial charge is 0.262 e. The van der Waals surface area contributed by atoms with E-state index in [1.807, 2.05) is 42.5 Å². The first-order valence-corrected chi connectivity index (χ1v) is 7.87. The van der Waals surface area contributed by atoms with Crippen molar-refractivity contribution in [3.63, 3.8) is 0 Å². The van der Waals surface area contributed by atoms with E-state index in [4.69, 9.17) is 9.47 Å². The molecular weight excluding hydrogens is 358 g/mol. The van der Waals surface area contributed by atoms with Gasteiger partial charge in [0, 0.05) is 10.2 Å². The van der Waals surface area contributed by atoms with Gasteiger partial charge in [-0.1, -0.05) is 28.1 Å². The molecular formula is C18H18BrNO3. The van der Waals surface area contributed by atoms with Gasteiger partial charge in [0.05, 0.1) is 7.11 Å². The van der Waals surface area contributed by atoms with E-state index in [0.29, 0.717) is 11.5 Å². The van der Waals surface area contributed by atoms with E-state index in [1.165, 1.54) is 0 Å². The molecule has 0 atom stereocenters. The van der Waals surface area contributed by atoms with Gasteiger partial charge in [-0.25, -0.2) is 0 Å². The van der Waals surface area contributed by atoms with Crippen LogP contribution in [0.5, 0.6) is 11.5 Å². The van der Waals surface area contributed by atoms with Gasteiger partial charge in [0.2, 0.25) is 0 Å². The molecule has 0 heterocycles. The Kier molecular flexibility index (Phi) is 6.23. The normalized spacial score (nSPS) is 10.0. The van der Waals surface area contributed by atoms with Crippen molar-refractivity contribution in [2.24, 2.45) is 0 Å². The van der Waals surface area contributed by atoms with E-state index in [9.17, 15) is 4.79 Å². The zero-order chi connectivity index (χ0) is 16.7. The molecule has 0 saturated carbocycles. The molecule has 2 aromatic carbocycles. The summed E-state index contributed by atoms with van der Waals surface area (Å²) in [6, 6.07) is 12.9. The van der Waals surface area contributed by atoms with Crippen molar-refractivity contribution in [1.29, 1.82) is 0 Å². The lowest BCUT2D eigenvalue weighted by Gasteiger charge is -2.12. The highest BCUT2D eigenvalue weighted by Gasteiger charge is 2.09. The Bertz CT molecular complexity index is 683. The average Bonchev–Trinajstić information content (AvgIpc) is 2.56. The van der Waals surface area contributed by atoms with E-state index in [0.717, 1.165) is 22.1 Å². The van der Waals surface area contributed by atoms with E-state index in [-0.39, 0.29) is 12.5 Å². The number of rotatable bonds is 7. The van der Waals surface area contributed by atoms with Crippen LogP contribution in [0.2, 0.25) is 0 Å². The maximum Gasteiger partial charge on any atom is 0.262 e. The molecule has 2 rings (SSSR count). The topological polar surface area (TPSA) is 47.6 Å². The number of anilines is 1. The Hall–Kier alpha value is -2.27. The first-order chi connectivity index (χ1) is 11.1. The predicted octanol–water partition coefficient (Wildman–Crippen LogP) is 4.20. The molecule has 1 amide bonds. The minimum Gasteiger partial charge on any atom is -0.493 e. The highest BCUT2D eigenvalue weighted by Crippen LogP contribution is 2.28. The van der Waals surface area contributed by atoms with Crippen LogP contribution in [0.1, 0.15) is 5.56 Å². The van der Waals surface area contributed by atoms with Crippen molar-refractivity contribution < 1.29 is 14.3 Å². The lowest BCUT2D eigenvalue weighted by atomic mass is 10.1. The Morgan fingerprint density at radius 2 is 1.96 bits per heavy atom. The van der Waals surface area contributed by atoms with Crippen LogP contribution in [0.4, 0.5) is 5.69 Å². The highest BCUT2D eigenvalue weighted by atomic mass is 79.9. The summed E-state index contributed by atoms with van der Waals surface area (Å²) >= 11 is 3.35. The van der Waals surface area contributed by atoms with Crippen LogP contribution in [0.3, 0.4) is 0 Å². The quantitative estimate of drug-likeness (QED) is 0.737. The summed E-state index contributed by atoms with van der Waals surface area (Å²) in [6.07, 6.45) is 2.57. The molecule has 0 bridgehead atoms. The van der Waals surface area contributed by atoms with Gasteiger partial charge in [0.15, 0.2) is 18.1 Å². The van der Waals surface area contributed by atoms with E-state index in [2.05, 4.69) is 27.8 Å². The average molecular weight is 376 g/mol. The second kappa shape index (κ2) is 8.39. The van der Waals surface area contributed by atoms with Crippen LogP contribution in [-0.2, 0) is 11.2 Å². The molecule has 0 saturated heterocycles. The number of carbonyl (C=O) groups is 1. The number of halogens is 1. The summed E-state index contributed by atoms with van der Waals surface area (Å²) in [5, 5.41) is 2.77. The summed E-state index contributed by atoms with van der Waals surface area (Å²) in [5.74, 6) is 0.900. The molecule has 0 aliphatic heterocycles. The van der Waals surface area contributed by atoms with Gasteiger partial charge < -0.3 is 14.8 Å². The monoisotopic (exact) mass is 375 g/mol. The maximum absolute atomic E-state index is 11.9. The molecule has 0 aromatic heterocycles. The van der Waals surface area contributed by atoms with Crippen LogP contribution in [0.25, 0.3) is 0 Å². The summed E-state index contributed by atoms with van der Waals surface area (Å²) in [7, 11) is 1.57. The van der Waals surface area contributed by atoms with E-state index in [1.54, 1.807) is 13.2 Å². The molecule has 0 radical (unpaired) electrons. The number of carbonyl (C=O) groups excluding carboxylic acids is 1. The van der Waals surface area contributed by atoms with Crippen molar-refractivity contribution >= 4 is 27.5 Å². The van der Waals surface area contributed by atoms with Gasteiger partial charge in [0.1, 0.15) is 0 Å². The highest BCUT2D eigenvalue weighted by molar-refractivity contribution is 9.10. The third kappa shape index (κ3) is 5.14. The van der Waals surface area contributed by atoms with Crippen molar-refractivity contribution in [3.8, 4) is 11.5 Å². The van der Waals surface area contributed by atoms with Gasteiger partial charge in [-0.05, 0) is 48.4 Å². The second-order valence-corrected chi connectivity index (χ2v) is 5.74. The Balaban J connectivity index is 1.95. The molecule has 120 valence electrons. The largest absolute Gasteiger partial charge is 0.493 e. The molecule has 0 fully saturated rings. The fourth-order valence-electron chi connectivity index (χ4n) is 2.00. The number of hydrogen-bond donors (Lipinski definition) is 1. The van der Waals surface area contributed by atoms with Gasteiger partial charge in [-0.3, -0.25) is 4.79 Å². The first kappa shape index (κ1) is 17.1. The number of benzene rings is 2. The fourth-order valence-corrected chi connectivity index (χ4v) is 2.26. The van der Waals surface area contributed by atoms with Gasteiger partial charge in [-0.15, -0.1) is 6.58 Å². The predicted molar refractivity (Wildman–Crippen MR) is 95.2 cm³/mol. The van der Waals surface area contributed by atoms with E-state index < -0.39 is 0 Å². The van der Waals surface area contributed by atoms with Gasteiger partial charge in [0.25, 0.3) is 5.91 Å². The molecule has 1 N–H and O–H groups in total. The maximum atomic E-state index is 11.9. The van der Waals surface area contributed by atoms with E-state index >= 15 is 0 Å². The summed E-state index contributed by atoms with van der Waals surface area (Å²) in [4.78, 5) is 11.9. The number of allylic oxidation sites excluding steroid dienone is 1. The number of amides is 1. The van der Waals surface area contributed by atoms with Crippen LogP contribution in [-0.4, -0.2) is 19.6 Å². The van der Waals surface area contributed by atoms with Crippen molar-refractivity contribution in [3.05, 3.63) is 65.2 Å². The summed E-state index contributed by atoms with van der Waals surface area (Å²) in [5.41, 5.74) is 1.79. The molecule has 0 aliphatic carbocycles. The Labute approximate surface area is 144 Å². The standard InChI is InChI=1S/C18H18BrNO3/c1-3-4-13-5-10-16(17(11-13)22-2)23-12-18(21)20-15-8-6-14(19)7-9-15/h3,5-11H,1,4,12H2,2H3,(H,20,21). The van der Waals surface area contributed by atoms with Gasteiger partial charge in [-0.2, -0.15) is 0 Å². The minimum absolute atomic E-state index is 0.0901. The van der Waals surface area contributed by atoms with Crippen molar-refractivity contribution in [2.75, 3.05) is 19.0 Å². The molecule has 23 heavy (non-hydrogen) atoms. The lowest BCUT2D eigenvalue weighted by molar-refractivity contribution is -0.118. The molecule has 2 aromatic rings. The van der Waals surface area contributed by atoms with Crippen LogP contribution >= 0.6 is 15.9 Å².